The lowest BCUT2D eigenvalue weighted by Gasteiger charge is -2.29. The third kappa shape index (κ3) is 3.38. The maximum absolute atomic E-state index is 13.6. The van der Waals surface area contributed by atoms with Crippen molar-refractivity contribution in [1.29, 1.82) is 0 Å². The first-order valence-electron chi connectivity index (χ1n) is 9.00. The number of hydrogen-bond donors (Lipinski definition) is 2. The number of ether oxygens (including phenoxy) is 2. The lowest BCUT2D eigenvalue weighted by atomic mass is 10.0. The number of halogens is 1. The normalized spacial score (nSPS) is 15.6. The number of methoxy groups -OCH3 is 2. The van der Waals surface area contributed by atoms with Crippen LogP contribution in [0.1, 0.15) is 22.9 Å². The molecule has 4 rings (SSSR count). The Morgan fingerprint density at radius 2 is 2.04 bits per heavy atom. The molecule has 0 saturated heterocycles. The van der Waals surface area contributed by atoms with Crippen molar-refractivity contribution >= 4 is 10.9 Å². The molecule has 27 heavy (non-hydrogen) atoms. The van der Waals surface area contributed by atoms with Crippen LogP contribution >= 0.6 is 0 Å². The first-order valence-corrected chi connectivity index (χ1v) is 9.00. The van der Waals surface area contributed by atoms with Gasteiger partial charge in [-0.3, -0.25) is 4.90 Å². The van der Waals surface area contributed by atoms with E-state index in [1.54, 1.807) is 13.2 Å². The Kier molecular flexibility index (Phi) is 4.76. The van der Waals surface area contributed by atoms with E-state index in [0.717, 1.165) is 36.2 Å². The van der Waals surface area contributed by atoms with Crippen molar-refractivity contribution in [3.63, 3.8) is 0 Å². The number of nitrogens with one attached hydrogen (secondary N) is 1. The number of fused-ring (bicyclic) bond motifs is 3. The molecular weight excluding hydrogens is 347 g/mol. The molecule has 0 radical (unpaired) electrons. The quantitative estimate of drug-likeness (QED) is 0.723. The van der Waals surface area contributed by atoms with Crippen LogP contribution < -0.4 is 9.47 Å². The fourth-order valence-electron chi connectivity index (χ4n) is 3.84. The second kappa shape index (κ2) is 7.21. The molecule has 0 saturated carbocycles. The molecule has 2 heterocycles. The van der Waals surface area contributed by atoms with Crippen LogP contribution in [-0.4, -0.2) is 42.3 Å². The minimum Gasteiger partial charge on any atom is -0.497 e. The highest BCUT2D eigenvalue weighted by molar-refractivity contribution is 5.86. The number of aliphatic hydroxyl groups is 1. The summed E-state index contributed by atoms with van der Waals surface area (Å²) < 4.78 is 24.3. The molecule has 1 aliphatic rings. The molecule has 1 aliphatic heterocycles. The molecule has 5 nitrogen and oxygen atoms in total. The van der Waals surface area contributed by atoms with Gasteiger partial charge >= 0.3 is 0 Å². The SMILES string of the molecule is COc1ccc2[nH]c3c(c2c1)CN(CC(O)c1cc(F)ccc1OC)CC3. The fourth-order valence-corrected chi connectivity index (χ4v) is 3.84. The maximum Gasteiger partial charge on any atom is 0.124 e. The molecule has 3 aromatic rings. The summed E-state index contributed by atoms with van der Waals surface area (Å²) in [4.78, 5) is 5.67. The standard InChI is InChI=1S/C21H23FN2O3/c1-26-14-4-5-18-15(10-14)17-11-24(8-7-19(17)23-18)12-20(25)16-9-13(22)3-6-21(16)27-2/h3-6,9-10,20,23,25H,7-8,11-12H2,1-2H3. The van der Waals surface area contributed by atoms with E-state index >= 15 is 0 Å². The monoisotopic (exact) mass is 370 g/mol. The molecule has 1 atom stereocenters. The average Bonchev–Trinajstić information content (AvgIpc) is 3.05. The van der Waals surface area contributed by atoms with Crippen molar-refractivity contribution in [2.24, 2.45) is 0 Å². The number of aliphatic hydroxyl groups excluding tert-OH is 1. The topological polar surface area (TPSA) is 57.7 Å². The lowest BCUT2D eigenvalue weighted by Crippen LogP contribution is -2.34. The molecule has 0 aliphatic carbocycles. The molecule has 142 valence electrons. The molecule has 2 aromatic carbocycles. The van der Waals surface area contributed by atoms with Crippen LogP contribution in [0, 0.1) is 5.82 Å². The number of H-pyrrole nitrogens is 1. The van der Waals surface area contributed by atoms with Gasteiger partial charge in [0.25, 0.3) is 0 Å². The smallest absolute Gasteiger partial charge is 0.124 e. The van der Waals surface area contributed by atoms with Crippen molar-refractivity contribution in [2.45, 2.75) is 19.1 Å². The molecule has 0 fully saturated rings. The van der Waals surface area contributed by atoms with E-state index in [0.29, 0.717) is 17.9 Å². The maximum atomic E-state index is 13.6. The second-order valence-corrected chi connectivity index (χ2v) is 6.88. The number of aromatic amines is 1. The number of aromatic nitrogens is 1. The summed E-state index contributed by atoms with van der Waals surface area (Å²) in [5, 5.41) is 11.8. The summed E-state index contributed by atoms with van der Waals surface area (Å²) in [6.07, 6.45) is 0.0521. The van der Waals surface area contributed by atoms with Gasteiger partial charge in [0.1, 0.15) is 17.3 Å². The van der Waals surface area contributed by atoms with E-state index in [9.17, 15) is 9.50 Å². The van der Waals surface area contributed by atoms with Crippen molar-refractivity contribution in [3.8, 4) is 11.5 Å². The molecule has 0 spiro atoms. The van der Waals surface area contributed by atoms with Gasteiger partial charge in [-0.1, -0.05) is 0 Å². The van der Waals surface area contributed by atoms with Crippen LogP contribution in [0.4, 0.5) is 4.39 Å². The average molecular weight is 370 g/mol. The lowest BCUT2D eigenvalue weighted by molar-refractivity contribution is 0.103. The van der Waals surface area contributed by atoms with Gasteiger partial charge < -0.3 is 19.6 Å². The van der Waals surface area contributed by atoms with Crippen molar-refractivity contribution in [3.05, 3.63) is 59.0 Å². The Hall–Kier alpha value is -2.57. The first-order chi connectivity index (χ1) is 13.1. The van der Waals surface area contributed by atoms with E-state index in [1.165, 1.54) is 30.5 Å². The summed E-state index contributed by atoms with van der Waals surface area (Å²) >= 11 is 0. The minimum atomic E-state index is -0.822. The molecular formula is C21H23FN2O3. The summed E-state index contributed by atoms with van der Waals surface area (Å²) in [5.41, 5.74) is 4.03. The molecule has 0 amide bonds. The van der Waals surface area contributed by atoms with Crippen LogP contribution in [0.2, 0.25) is 0 Å². The number of benzene rings is 2. The van der Waals surface area contributed by atoms with E-state index < -0.39 is 6.10 Å². The molecule has 6 heteroatoms. The Bertz CT molecular complexity index is 969. The Morgan fingerprint density at radius 1 is 1.19 bits per heavy atom. The molecule has 1 aromatic heterocycles. The van der Waals surface area contributed by atoms with E-state index in [4.69, 9.17) is 9.47 Å². The highest BCUT2D eigenvalue weighted by atomic mass is 19.1. The van der Waals surface area contributed by atoms with Crippen LogP contribution in [0.15, 0.2) is 36.4 Å². The Labute approximate surface area is 157 Å². The number of hydrogen-bond acceptors (Lipinski definition) is 4. The summed E-state index contributed by atoms with van der Waals surface area (Å²) in [6, 6.07) is 10.2. The molecule has 0 bridgehead atoms. The van der Waals surface area contributed by atoms with Gasteiger partial charge in [-0.2, -0.15) is 0 Å². The summed E-state index contributed by atoms with van der Waals surface area (Å²) in [6.45, 7) is 1.96. The first kappa shape index (κ1) is 17.8. The summed E-state index contributed by atoms with van der Waals surface area (Å²) in [5.74, 6) is 0.943. The zero-order chi connectivity index (χ0) is 19.0. The van der Waals surface area contributed by atoms with Gasteiger partial charge in [-0.25, -0.2) is 4.39 Å². The van der Waals surface area contributed by atoms with Crippen LogP contribution in [-0.2, 0) is 13.0 Å². The van der Waals surface area contributed by atoms with Crippen molar-refractivity contribution in [1.82, 2.24) is 9.88 Å². The zero-order valence-electron chi connectivity index (χ0n) is 15.5. The van der Waals surface area contributed by atoms with Crippen LogP contribution in [0.25, 0.3) is 10.9 Å². The van der Waals surface area contributed by atoms with Gasteiger partial charge in [0, 0.05) is 48.2 Å². The van der Waals surface area contributed by atoms with Gasteiger partial charge in [-0.15, -0.1) is 0 Å². The van der Waals surface area contributed by atoms with Gasteiger partial charge in [0.05, 0.1) is 20.3 Å². The van der Waals surface area contributed by atoms with E-state index in [-0.39, 0.29) is 5.82 Å². The molecule has 2 N–H and O–H groups in total. The highest BCUT2D eigenvalue weighted by Gasteiger charge is 2.24. The predicted octanol–water partition coefficient (Wildman–Crippen LogP) is 3.42. The van der Waals surface area contributed by atoms with E-state index in [1.807, 2.05) is 18.2 Å². The highest BCUT2D eigenvalue weighted by Crippen LogP contribution is 2.32. The largest absolute Gasteiger partial charge is 0.497 e. The Balaban J connectivity index is 1.57. The van der Waals surface area contributed by atoms with Crippen LogP contribution in [0.3, 0.4) is 0 Å². The zero-order valence-corrected chi connectivity index (χ0v) is 15.5. The van der Waals surface area contributed by atoms with Crippen LogP contribution in [0.5, 0.6) is 11.5 Å². The minimum absolute atomic E-state index is 0.380. The van der Waals surface area contributed by atoms with Gasteiger partial charge in [0.2, 0.25) is 0 Å². The van der Waals surface area contributed by atoms with Crippen molar-refractivity contribution in [2.75, 3.05) is 27.3 Å². The number of β-amino-alcohol motifs (C(OH)–C–C–N with tert-alkyl or cyclic N) is 1. The second-order valence-electron chi connectivity index (χ2n) is 6.88. The summed E-state index contributed by atoms with van der Waals surface area (Å²) in [7, 11) is 3.19. The third-order valence-electron chi connectivity index (χ3n) is 5.24. The number of nitrogens with zero attached hydrogens (tertiary/aromatic N) is 1. The number of rotatable bonds is 5. The molecule has 1 unspecified atom stereocenters. The van der Waals surface area contributed by atoms with E-state index in [2.05, 4.69) is 9.88 Å². The predicted molar refractivity (Wildman–Crippen MR) is 102 cm³/mol. The third-order valence-corrected chi connectivity index (χ3v) is 5.24. The van der Waals surface area contributed by atoms with Crippen molar-refractivity contribution < 1.29 is 19.0 Å². The van der Waals surface area contributed by atoms with Gasteiger partial charge in [-0.05, 0) is 42.0 Å². The fraction of sp³-hybridized carbons (Fsp3) is 0.333. The Morgan fingerprint density at radius 3 is 2.81 bits per heavy atom. The van der Waals surface area contributed by atoms with Gasteiger partial charge in [0.15, 0.2) is 0 Å².